The molecular formula is C11H6F3NO2. The average molecular weight is 241 g/mol. The zero-order valence-electron chi connectivity index (χ0n) is 8.34. The van der Waals surface area contributed by atoms with E-state index in [9.17, 15) is 22.8 Å². The van der Waals surface area contributed by atoms with Crippen LogP contribution in [0.5, 0.6) is 0 Å². The Bertz CT molecular complexity index is 598. The Balaban J connectivity index is 2.81. The first-order chi connectivity index (χ1) is 7.95. The van der Waals surface area contributed by atoms with Crippen molar-refractivity contribution in [3.8, 4) is 0 Å². The van der Waals surface area contributed by atoms with E-state index in [1.165, 1.54) is 12.1 Å². The van der Waals surface area contributed by atoms with Crippen molar-refractivity contribution < 1.29 is 22.8 Å². The van der Waals surface area contributed by atoms with E-state index in [4.69, 9.17) is 0 Å². The number of rotatable bonds is 2. The van der Waals surface area contributed by atoms with Crippen molar-refractivity contribution in [2.24, 2.45) is 0 Å². The number of aldehydes is 1. The molecule has 0 saturated carbocycles. The number of H-pyrrole nitrogens is 1. The van der Waals surface area contributed by atoms with Gasteiger partial charge in [0.15, 0.2) is 6.29 Å². The third-order valence-electron chi connectivity index (χ3n) is 2.38. The summed E-state index contributed by atoms with van der Waals surface area (Å²) in [5, 5.41) is -0.267. The van der Waals surface area contributed by atoms with E-state index in [2.05, 4.69) is 4.98 Å². The fourth-order valence-corrected chi connectivity index (χ4v) is 1.68. The number of aromatic amines is 1. The van der Waals surface area contributed by atoms with E-state index in [1.807, 2.05) is 0 Å². The monoisotopic (exact) mass is 241 g/mol. The lowest BCUT2D eigenvalue weighted by Gasteiger charge is -2.08. The number of nitrogens with one attached hydrogen (secondary N) is 1. The Hall–Kier alpha value is -2.11. The van der Waals surface area contributed by atoms with Crippen molar-refractivity contribution in [2.45, 2.75) is 6.18 Å². The van der Waals surface area contributed by atoms with Crippen LogP contribution in [0.25, 0.3) is 10.9 Å². The van der Waals surface area contributed by atoms with Gasteiger partial charge in [-0.15, -0.1) is 0 Å². The third-order valence-corrected chi connectivity index (χ3v) is 2.38. The molecule has 0 unspecified atom stereocenters. The van der Waals surface area contributed by atoms with Gasteiger partial charge in [0, 0.05) is 17.1 Å². The van der Waals surface area contributed by atoms with E-state index in [0.29, 0.717) is 0 Å². The minimum absolute atomic E-state index is 0.00420. The quantitative estimate of drug-likeness (QED) is 0.499. The molecule has 0 aliphatic rings. The molecule has 0 amide bonds. The topological polar surface area (TPSA) is 49.9 Å². The predicted molar refractivity (Wildman–Crippen MR) is 53.7 cm³/mol. The van der Waals surface area contributed by atoms with Crippen LogP contribution in [0, 0.1) is 0 Å². The smallest absolute Gasteiger partial charge is 0.360 e. The van der Waals surface area contributed by atoms with Crippen LogP contribution in [0.2, 0.25) is 0 Å². The summed E-state index contributed by atoms with van der Waals surface area (Å²) < 4.78 is 38.2. The highest BCUT2D eigenvalue weighted by Crippen LogP contribution is 2.36. The van der Waals surface area contributed by atoms with Gasteiger partial charge in [-0.25, -0.2) is 0 Å². The molecule has 6 heteroatoms. The van der Waals surface area contributed by atoms with Gasteiger partial charge in [-0.1, -0.05) is 6.07 Å². The van der Waals surface area contributed by atoms with Gasteiger partial charge in [-0.3, -0.25) is 9.59 Å². The lowest BCUT2D eigenvalue weighted by atomic mass is 10.0. The molecule has 1 heterocycles. The highest BCUT2D eigenvalue weighted by molar-refractivity contribution is 6.36. The molecule has 0 atom stereocenters. The van der Waals surface area contributed by atoms with E-state index in [0.717, 1.165) is 12.3 Å². The van der Waals surface area contributed by atoms with Gasteiger partial charge in [-0.2, -0.15) is 13.2 Å². The van der Waals surface area contributed by atoms with Gasteiger partial charge in [0.2, 0.25) is 5.78 Å². The van der Waals surface area contributed by atoms with Crippen molar-refractivity contribution in [1.82, 2.24) is 4.98 Å². The molecule has 0 aliphatic heterocycles. The summed E-state index contributed by atoms with van der Waals surface area (Å²) >= 11 is 0. The first-order valence-electron chi connectivity index (χ1n) is 4.62. The van der Waals surface area contributed by atoms with Crippen molar-refractivity contribution >= 4 is 23.0 Å². The molecule has 0 spiro atoms. The Kier molecular flexibility index (Phi) is 2.49. The van der Waals surface area contributed by atoms with E-state index in [-0.39, 0.29) is 22.8 Å². The van der Waals surface area contributed by atoms with Crippen LogP contribution in [0.3, 0.4) is 0 Å². The number of aromatic nitrogens is 1. The Morgan fingerprint density at radius 2 is 2.00 bits per heavy atom. The third kappa shape index (κ3) is 1.82. The Labute approximate surface area is 93.2 Å². The maximum atomic E-state index is 12.7. The Morgan fingerprint density at radius 1 is 1.29 bits per heavy atom. The maximum absolute atomic E-state index is 12.7. The van der Waals surface area contributed by atoms with Crippen LogP contribution >= 0.6 is 0 Å². The Morgan fingerprint density at radius 3 is 2.59 bits per heavy atom. The maximum Gasteiger partial charge on any atom is 0.417 e. The number of benzene rings is 1. The molecule has 2 aromatic rings. The molecule has 0 fully saturated rings. The minimum atomic E-state index is -4.57. The fourth-order valence-electron chi connectivity index (χ4n) is 1.68. The molecule has 1 aromatic carbocycles. The molecule has 1 N–H and O–H groups in total. The van der Waals surface area contributed by atoms with Crippen LogP contribution in [0.1, 0.15) is 15.9 Å². The van der Waals surface area contributed by atoms with Gasteiger partial charge >= 0.3 is 6.18 Å². The zero-order chi connectivity index (χ0) is 12.6. The summed E-state index contributed by atoms with van der Waals surface area (Å²) in [5.41, 5.74) is -1.02. The normalized spacial score (nSPS) is 11.7. The van der Waals surface area contributed by atoms with Crippen LogP contribution in [0.4, 0.5) is 13.2 Å². The number of alkyl halides is 3. The number of hydrogen-bond acceptors (Lipinski definition) is 2. The molecule has 2 rings (SSSR count). The molecule has 0 radical (unpaired) electrons. The van der Waals surface area contributed by atoms with Crippen molar-refractivity contribution in [1.29, 1.82) is 0 Å². The minimum Gasteiger partial charge on any atom is -0.360 e. The van der Waals surface area contributed by atoms with Crippen molar-refractivity contribution in [3.05, 3.63) is 35.5 Å². The van der Waals surface area contributed by atoms with Crippen LogP contribution in [-0.2, 0) is 11.0 Å². The highest BCUT2D eigenvalue weighted by Gasteiger charge is 2.34. The summed E-state index contributed by atoms with van der Waals surface area (Å²) in [6, 6.07) is 3.51. The molecule has 1 aromatic heterocycles. The summed E-state index contributed by atoms with van der Waals surface area (Å²) in [7, 11) is 0. The lowest BCUT2D eigenvalue weighted by molar-refractivity contribution is -0.136. The predicted octanol–water partition coefficient (Wildman–Crippen LogP) is 2.57. The number of carbonyl (C=O) groups is 2. The number of fused-ring (bicyclic) bond motifs is 1. The fraction of sp³-hybridized carbons (Fsp3) is 0.0909. The molecule has 0 aliphatic carbocycles. The van der Waals surface area contributed by atoms with Gasteiger partial charge in [0.1, 0.15) is 0 Å². The number of hydrogen-bond donors (Lipinski definition) is 1. The first kappa shape index (κ1) is 11.4. The zero-order valence-corrected chi connectivity index (χ0v) is 8.34. The SMILES string of the molecule is O=CC(=O)c1c[nH]c2cccc(C(F)(F)F)c12. The number of carbonyl (C=O) groups excluding carboxylic acids is 2. The molecule has 17 heavy (non-hydrogen) atoms. The summed E-state index contributed by atoms with van der Waals surface area (Å²) in [5.74, 6) is -0.979. The van der Waals surface area contributed by atoms with E-state index < -0.39 is 17.5 Å². The number of Topliss-reactive ketones (excluding diaryl/α,β-unsaturated/α-hetero) is 1. The van der Waals surface area contributed by atoms with Crippen molar-refractivity contribution in [2.75, 3.05) is 0 Å². The second kappa shape index (κ2) is 3.73. The standard InChI is InChI=1S/C11H6F3NO2/c12-11(13,14)7-2-1-3-8-10(7)6(4-15-8)9(17)5-16/h1-5,15H. The van der Waals surface area contributed by atoms with Gasteiger partial charge < -0.3 is 4.98 Å². The van der Waals surface area contributed by atoms with E-state index in [1.54, 1.807) is 0 Å². The molecular weight excluding hydrogens is 235 g/mol. The van der Waals surface area contributed by atoms with Gasteiger partial charge in [0.05, 0.1) is 11.1 Å². The second-order valence-electron chi connectivity index (χ2n) is 3.41. The van der Waals surface area contributed by atoms with E-state index >= 15 is 0 Å². The molecule has 0 bridgehead atoms. The average Bonchev–Trinajstić information content (AvgIpc) is 2.70. The van der Waals surface area contributed by atoms with Gasteiger partial charge in [0.25, 0.3) is 0 Å². The van der Waals surface area contributed by atoms with Gasteiger partial charge in [-0.05, 0) is 12.1 Å². The van der Waals surface area contributed by atoms with Crippen molar-refractivity contribution in [3.63, 3.8) is 0 Å². The summed E-state index contributed by atoms with van der Waals surface area (Å²) in [6.45, 7) is 0. The largest absolute Gasteiger partial charge is 0.417 e. The summed E-state index contributed by atoms with van der Waals surface area (Å²) in [6.07, 6.45) is -3.47. The highest BCUT2D eigenvalue weighted by atomic mass is 19.4. The second-order valence-corrected chi connectivity index (χ2v) is 3.41. The molecule has 0 saturated heterocycles. The summed E-state index contributed by atoms with van der Waals surface area (Å²) in [4.78, 5) is 24.1. The first-order valence-corrected chi connectivity index (χ1v) is 4.62. The van der Waals surface area contributed by atoms with Crippen LogP contribution in [-0.4, -0.2) is 17.1 Å². The van der Waals surface area contributed by atoms with Crippen LogP contribution < -0.4 is 0 Å². The van der Waals surface area contributed by atoms with Crippen LogP contribution in [0.15, 0.2) is 24.4 Å². The lowest BCUT2D eigenvalue weighted by Crippen LogP contribution is -2.07. The molecule has 88 valence electrons. The number of halogens is 3. The number of ketones is 1. The molecule has 3 nitrogen and oxygen atoms in total.